The summed E-state index contributed by atoms with van der Waals surface area (Å²) in [6, 6.07) is 7.33. The molecular formula is C14H20ClNO2. The van der Waals surface area contributed by atoms with E-state index in [-0.39, 0.29) is 18.2 Å². The van der Waals surface area contributed by atoms with Crippen molar-refractivity contribution in [3.05, 3.63) is 34.9 Å². The summed E-state index contributed by atoms with van der Waals surface area (Å²) in [7, 11) is 0. The van der Waals surface area contributed by atoms with E-state index in [0.717, 1.165) is 11.5 Å². The Kier molecular flexibility index (Phi) is 5.48. The van der Waals surface area contributed by atoms with Gasteiger partial charge in [0.15, 0.2) is 0 Å². The summed E-state index contributed by atoms with van der Waals surface area (Å²) in [5, 5.41) is 3.33. The van der Waals surface area contributed by atoms with Gasteiger partial charge in [0.25, 0.3) is 0 Å². The highest BCUT2D eigenvalue weighted by Gasteiger charge is 2.31. The van der Waals surface area contributed by atoms with Gasteiger partial charge in [0.2, 0.25) is 0 Å². The lowest BCUT2D eigenvalue weighted by atomic mass is 10.0. The molecule has 100 valence electrons. The molecule has 4 heteroatoms. The molecule has 0 bridgehead atoms. The number of carbonyl (C=O) groups excluding carboxylic acids is 1. The number of ether oxygens (including phenoxy) is 1. The number of nitrogens with one attached hydrogen (secondary N) is 1. The Labute approximate surface area is 113 Å². The van der Waals surface area contributed by atoms with Crippen LogP contribution in [-0.2, 0) is 4.74 Å². The first-order valence-corrected chi connectivity index (χ1v) is 6.50. The van der Waals surface area contributed by atoms with Crippen LogP contribution in [0.15, 0.2) is 24.3 Å². The second-order valence-electron chi connectivity index (χ2n) is 5.05. The third kappa shape index (κ3) is 4.57. The first-order chi connectivity index (χ1) is 8.40. The molecule has 0 unspecified atom stereocenters. The van der Waals surface area contributed by atoms with Gasteiger partial charge in [-0.15, -0.1) is 0 Å². The van der Waals surface area contributed by atoms with Crippen LogP contribution in [0.4, 0.5) is 4.79 Å². The van der Waals surface area contributed by atoms with Gasteiger partial charge in [-0.25, -0.2) is 4.79 Å². The minimum Gasteiger partial charge on any atom is -0.439 e. The largest absolute Gasteiger partial charge is 0.439 e. The lowest BCUT2D eigenvalue weighted by Crippen LogP contribution is -2.23. The molecule has 1 saturated heterocycles. The number of hydrogen-bond donors (Lipinski definition) is 1. The molecule has 18 heavy (non-hydrogen) atoms. The van der Waals surface area contributed by atoms with Crippen molar-refractivity contribution < 1.29 is 9.53 Å². The molecule has 2 atom stereocenters. The number of hydrogen-bond acceptors (Lipinski definition) is 2. The summed E-state index contributed by atoms with van der Waals surface area (Å²) in [4.78, 5) is 11.0. The van der Waals surface area contributed by atoms with E-state index < -0.39 is 0 Å². The first kappa shape index (κ1) is 14.8. The molecule has 1 N–H and O–H groups in total. The topological polar surface area (TPSA) is 38.3 Å². The summed E-state index contributed by atoms with van der Waals surface area (Å²) < 4.78 is 5.11. The molecule has 0 radical (unpaired) electrons. The van der Waals surface area contributed by atoms with Crippen molar-refractivity contribution >= 4 is 17.7 Å². The van der Waals surface area contributed by atoms with Crippen molar-refractivity contribution in [2.75, 3.05) is 0 Å². The Morgan fingerprint density at radius 2 is 1.94 bits per heavy atom. The molecule has 3 nitrogen and oxygen atoms in total. The number of benzene rings is 1. The highest BCUT2D eigenvalue weighted by molar-refractivity contribution is 6.30. The summed E-state index contributed by atoms with van der Waals surface area (Å²) in [5.74, 6) is 0.833. The monoisotopic (exact) mass is 269 g/mol. The summed E-state index contributed by atoms with van der Waals surface area (Å²) in [5.41, 5.74) is 0.920. The van der Waals surface area contributed by atoms with Crippen LogP contribution in [0.25, 0.3) is 0 Å². The maximum Gasteiger partial charge on any atom is 0.408 e. The predicted molar refractivity (Wildman–Crippen MR) is 73.8 cm³/mol. The van der Waals surface area contributed by atoms with Gasteiger partial charge in [0.1, 0.15) is 6.10 Å². The fourth-order valence-corrected chi connectivity index (χ4v) is 1.75. The van der Waals surface area contributed by atoms with Gasteiger partial charge in [0, 0.05) is 5.02 Å². The third-order valence-corrected chi connectivity index (χ3v) is 2.45. The van der Waals surface area contributed by atoms with Gasteiger partial charge in [-0.3, -0.25) is 0 Å². The molecule has 0 saturated carbocycles. The second-order valence-corrected chi connectivity index (χ2v) is 5.48. The summed E-state index contributed by atoms with van der Waals surface area (Å²) in [6.07, 6.45) is -0.608. The summed E-state index contributed by atoms with van der Waals surface area (Å²) >= 11 is 5.85. The van der Waals surface area contributed by atoms with Gasteiger partial charge in [-0.1, -0.05) is 44.5 Å². The highest BCUT2D eigenvalue weighted by Crippen LogP contribution is 2.27. The molecule has 2 rings (SSSR count). The molecule has 1 amide bonds. The van der Waals surface area contributed by atoms with Crippen molar-refractivity contribution in [3.63, 3.8) is 0 Å². The summed E-state index contributed by atoms with van der Waals surface area (Å²) in [6.45, 7) is 8.40. The minimum absolute atomic E-state index is 0.0130. The van der Waals surface area contributed by atoms with E-state index in [1.807, 2.05) is 25.1 Å². The van der Waals surface area contributed by atoms with E-state index in [1.165, 1.54) is 0 Å². The molecule has 1 aromatic carbocycles. The van der Waals surface area contributed by atoms with Crippen LogP contribution < -0.4 is 5.32 Å². The lowest BCUT2D eigenvalue weighted by molar-refractivity contribution is 0.134. The number of cyclic esters (lactones) is 1. The molecular weight excluding hydrogens is 250 g/mol. The van der Waals surface area contributed by atoms with E-state index in [4.69, 9.17) is 16.3 Å². The first-order valence-electron chi connectivity index (χ1n) is 6.12. The van der Waals surface area contributed by atoms with Crippen LogP contribution in [0.1, 0.15) is 39.4 Å². The van der Waals surface area contributed by atoms with E-state index in [9.17, 15) is 4.79 Å². The van der Waals surface area contributed by atoms with Gasteiger partial charge in [0.05, 0.1) is 6.04 Å². The van der Waals surface area contributed by atoms with Crippen LogP contribution in [0.2, 0.25) is 5.02 Å². The standard InChI is InChI=1S/C10H10ClNO2.C4H10/c1-6-9(14-10(13)12-6)7-3-2-4-8(11)5-7;1-4(2)3/h2-6,9H,1H3,(H,12,13);4H,1-3H3/t6-,9-;/m0./s1. The smallest absolute Gasteiger partial charge is 0.408 e. The minimum atomic E-state index is -0.373. The SMILES string of the molecule is CC(C)C.C[C@@H]1NC(=O)O[C@@H]1c1cccc(Cl)c1. The van der Waals surface area contributed by atoms with Crippen LogP contribution in [0.3, 0.4) is 0 Å². The zero-order chi connectivity index (χ0) is 13.7. The molecule has 0 aliphatic carbocycles. The molecule has 0 spiro atoms. The maximum absolute atomic E-state index is 11.0. The zero-order valence-corrected chi connectivity index (χ0v) is 12.0. The van der Waals surface area contributed by atoms with Crippen LogP contribution in [0.5, 0.6) is 0 Å². The van der Waals surface area contributed by atoms with Gasteiger partial charge < -0.3 is 10.1 Å². The van der Waals surface area contributed by atoms with Gasteiger partial charge in [-0.05, 0) is 30.5 Å². The Hall–Kier alpha value is -1.22. The Balaban J connectivity index is 0.000000357. The van der Waals surface area contributed by atoms with Gasteiger partial charge >= 0.3 is 6.09 Å². The van der Waals surface area contributed by atoms with E-state index in [2.05, 4.69) is 26.1 Å². The van der Waals surface area contributed by atoms with Crippen LogP contribution in [0, 0.1) is 5.92 Å². The molecule has 0 aromatic heterocycles. The average molecular weight is 270 g/mol. The van der Waals surface area contributed by atoms with Crippen LogP contribution >= 0.6 is 11.6 Å². The second kappa shape index (κ2) is 6.64. The fourth-order valence-electron chi connectivity index (χ4n) is 1.55. The van der Waals surface area contributed by atoms with E-state index >= 15 is 0 Å². The molecule has 1 aliphatic heterocycles. The number of carbonyl (C=O) groups is 1. The molecule has 1 heterocycles. The maximum atomic E-state index is 11.0. The molecule has 1 fully saturated rings. The van der Waals surface area contributed by atoms with Crippen molar-refractivity contribution in [2.24, 2.45) is 5.92 Å². The van der Waals surface area contributed by atoms with E-state index in [0.29, 0.717) is 5.02 Å². The predicted octanol–water partition coefficient (Wildman–Crippen LogP) is 4.17. The van der Waals surface area contributed by atoms with Crippen molar-refractivity contribution in [3.8, 4) is 0 Å². The average Bonchev–Trinajstić information content (AvgIpc) is 2.57. The van der Waals surface area contributed by atoms with E-state index in [1.54, 1.807) is 6.07 Å². The highest BCUT2D eigenvalue weighted by atomic mass is 35.5. The molecule has 1 aliphatic rings. The quantitative estimate of drug-likeness (QED) is 0.831. The number of halogens is 1. The Morgan fingerprint density at radius 1 is 1.33 bits per heavy atom. The third-order valence-electron chi connectivity index (χ3n) is 2.21. The number of rotatable bonds is 1. The van der Waals surface area contributed by atoms with Crippen LogP contribution in [-0.4, -0.2) is 12.1 Å². The molecule has 1 aromatic rings. The van der Waals surface area contributed by atoms with Crippen molar-refractivity contribution in [1.82, 2.24) is 5.32 Å². The number of amides is 1. The lowest BCUT2D eigenvalue weighted by Gasteiger charge is -2.12. The zero-order valence-electron chi connectivity index (χ0n) is 11.2. The number of alkyl carbamates (subject to hydrolysis) is 1. The van der Waals surface area contributed by atoms with Crippen molar-refractivity contribution in [2.45, 2.75) is 39.8 Å². The normalized spacial score (nSPS) is 22.0. The van der Waals surface area contributed by atoms with Gasteiger partial charge in [-0.2, -0.15) is 0 Å². The fraction of sp³-hybridized carbons (Fsp3) is 0.500. The Morgan fingerprint density at radius 3 is 2.39 bits per heavy atom. The van der Waals surface area contributed by atoms with Crippen molar-refractivity contribution in [1.29, 1.82) is 0 Å². The Bertz CT molecular complexity index is 404.